The van der Waals surface area contributed by atoms with Crippen molar-refractivity contribution in [3.8, 4) is 0 Å². The number of rotatable bonds is 3. The van der Waals surface area contributed by atoms with Crippen molar-refractivity contribution < 1.29 is 14.7 Å². The molecule has 2 N–H and O–H groups in total. The number of carbonyl (C=O) groups is 2. The molecule has 1 aromatic rings. The molecule has 1 aliphatic heterocycles. The first-order valence-corrected chi connectivity index (χ1v) is 6.85. The van der Waals surface area contributed by atoms with Gasteiger partial charge in [-0.1, -0.05) is 6.92 Å². The molecule has 7 heteroatoms. The Kier molecular flexibility index (Phi) is 4.60. The second kappa shape index (κ2) is 6.40. The number of aliphatic carboxylic acids is 1. The lowest BCUT2D eigenvalue weighted by Gasteiger charge is -2.20. The van der Waals surface area contributed by atoms with E-state index in [-0.39, 0.29) is 12.6 Å². The van der Waals surface area contributed by atoms with Gasteiger partial charge in [0.05, 0.1) is 11.9 Å². The number of aromatic nitrogens is 2. The molecule has 20 heavy (non-hydrogen) atoms. The summed E-state index contributed by atoms with van der Waals surface area (Å²) in [5.41, 5.74) is 0.522. The Balaban J connectivity index is 1.90. The van der Waals surface area contributed by atoms with Crippen LogP contribution in [0.5, 0.6) is 0 Å². The Morgan fingerprint density at radius 3 is 3.00 bits per heavy atom. The number of carboxylic acids is 1. The van der Waals surface area contributed by atoms with Gasteiger partial charge >= 0.3 is 12.0 Å². The van der Waals surface area contributed by atoms with E-state index in [0.29, 0.717) is 11.6 Å². The quantitative estimate of drug-likeness (QED) is 0.880. The number of urea groups is 1. The van der Waals surface area contributed by atoms with Crippen LogP contribution < -0.4 is 5.32 Å². The highest BCUT2D eigenvalue weighted by molar-refractivity contribution is 5.89. The van der Waals surface area contributed by atoms with E-state index in [2.05, 4.69) is 17.3 Å². The highest BCUT2D eigenvalue weighted by atomic mass is 16.4. The maximum absolute atomic E-state index is 12.1. The van der Waals surface area contributed by atoms with E-state index in [1.54, 1.807) is 4.90 Å². The molecule has 1 fully saturated rings. The van der Waals surface area contributed by atoms with E-state index < -0.39 is 5.97 Å². The van der Waals surface area contributed by atoms with E-state index in [0.717, 1.165) is 32.4 Å². The van der Waals surface area contributed by atoms with Crippen LogP contribution in [0.1, 0.15) is 26.2 Å². The van der Waals surface area contributed by atoms with Gasteiger partial charge in [0.2, 0.25) is 0 Å². The van der Waals surface area contributed by atoms with Crippen molar-refractivity contribution >= 4 is 17.7 Å². The number of likely N-dealkylation sites (tertiary alicyclic amines) is 1. The standard InChI is InChI=1S/C13H20N4O3/c1-10-3-2-5-16(6-4-10)13(20)15-11-7-14-17(8-11)9-12(18)19/h7-8,10H,2-6,9H2,1H3,(H,15,20)(H,18,19). The fourth-order valence-corrected chi connectivity index (χ4v) is 2.32. The van der Waals surface area contributed by atoms with Gasteiger partial charge in [0.15, 0.2) is 0 Å². The van der Waals surface area contributed by atoms with Crippen LogP contribution in [0.25, 0.3) is 0 Å². The number of amides is 2. The van der Waals surface area contributed by atoms with Crippen molar-refractivity contribution in [3.05, 3.63) is 12.4 Å². The minimum atomic E-state index is -0.965. The third-order valence-electron chi connectivity index (χ3n) is 3.49. The number of hydrogen-bond donors (Lipinski definition) is 2. The van der Waals surface area contributed by atoms with Gasteiger partial charge in [-0.25, -0.2) is 4.79 Å². The zero-order valence-corrected chi connectivity index (χ0v) is 11.6. The zero-order chi connectivity index (χ0) is 14.5. The predicted molar refractivity (Wildman–Crippen MR) is 73.5 cm³/mol. The molecule has 0 spiro atoms. The molecule has 110 valence electrons. The number of carboxylic acid groups (broad SMARTS) is 1. The monoisotopic (exact) mass is 280 g/mol. The Labute approximate surface area is 117 Å². The van der Waals surface area contributed by atoms with Crippen LogP contribution in [-0.2, 0) is 11.3 Å². The molecule has 2 rings (SSSR count). The fourth-order valence-electron chi connectivity index (χ4n) is 2.32. The first-order chi connectivity index (χ1) is 9.54. The number of hydrogen-bond acceptors (Lipinski definition) is 3. The maximum Gasteiger partial charge on any atom is 0.325 e. The lowest BCUT2D eigenvalue weighted by atomic mass is 10.0. The van der Waals surface area contributed by atoms with Crippen molar-refractivity contribution in [2.75, 3.05) is 18.4 Å². The summed E-state index contributed by atoms with van der Waals surface area (Å²) in [7, 11) is 0. The van der Waals surface area contributed by atoms with E-state index in [4.69, 9.17) is 5.11 Å². The Morgan fingerprint density at radius 1 is 1.45 bits per heavy atom. The minimum Gasteiger partial charge on any atom is -0.480 e. The average Bonchev–Trinajstić information content (AvgIpc) is 2.67. The van der Waals surface area contributed by atoms with Crippen LogP contribution in [-0.4, -0.2) is 44.9 Å². The van der Waals surface area contributed by atoms with Gasteiger partial charge in [-0.2, -0.15) is 5.10 Å². The molecule has 2 amide bonds. The van der Waals surface area contributed by atoms with Gasteiger partial charge in [-0.15, -0.1) is 0 Å². The van der Waals surface area contributed by atoms with Crippen molar-refractivity contribution in [1.29, 1.82) is 0 Å². The zero-order valence-electron chi connectivity index (χ0n) is 11.6. The summed E-state index contributed by atoms with van der Waals surface area (Å²) in [5, 5.41) is 15.3. The van der Waals surface area contributed by atoms with Gasteiger partial charge in [0.1, 0.15) is 6.54 Å². The van der Waals surface area contributed by atoms with Gasteiger partial charge in [0.25, 0.3) is 0 Å². The summed E-state index contributed by atoms with van der Waals surface area (Å²) in [5.74, 6) is -0.307. The van der Waals surface area contributed by atoms with Crippen LogP contribution in [0.4, 0.5) is 10.5 Å². The fraction of sp³-hybridized carbons (Fsp3) is 0.615. The lowest BCUT2D eigenvalue weighted by molar-refractivity contribution is -0.137. The van der Waals surface area contributed by atoms with Crippen LogP contribution in [0.15, 0.2) is 12.4 Å². The molecule has 1 saturated heterocycles. The first kappa shape index (κ1) is 14.4. The smallest absolute Gasteiger partial charge is 0.325 e. The summed E-state index contributed by atoms with van der Waals surface area (Å²) in [6.07, 6.45) is 6.17. The summed E-state index contributed by atoms with van der Waals surface area (Å²) >= 11 is 0. The van der Waals surface area contributed by atoms with Crippen LogP contribution >= 0.6 is 0 Å². The summed E-state index contributed by atoms with van der Waals surface area (Å²) in [6.45, 7) is 3.52. The molecule has 0 saturated carbocycles. The van der Waals surface area contributed by atoms with Gasteiger partial charge < -0.3 is 15.3 Å². The molecule has 0 aliphatic carbocycles. The molecule has 7 nitrogen and oxygen atoms in total. The van der Waals surface area contributed by atoms with E-state index in [1.165, 1.54) is 17.1 Å². The molecule has 1 atom stereocenters. The first-order valence-electron chi connectivity index (χ1n) is 6.85. The third kappa shape index (κ3) is 3.97. The minimum absolute atomic E-state index is 0.144. The predicted octanol–water partition coefficient (Wildman–Crippen LogP) is 1.62. The largest absolute Gasteiger partial charge is 0.480 e. The highest BCUT2D eigenvalue weighted by Crippen LogP contribution is 2.17. The number of anilines is 1. The second-order valence-electron chi connectivity index (χ2n) is 5.27. The molecule has 0 radical (unpaired) electrons. The molecular formula is C13H20N4O3. The van der Waals surface area contributed by atoms with Crippen molar-refractivity contribution in [3.63, 3.8) is 0 Å². The Morgan fingerprint density at radius 2 is 2.25 bits per heavy atom. The summed E-state index contributed by atoms with van der Waals surface area (Å²) in [4.78, 5) is 24.5. The molecule has 0 aromatic carbocycles. The molecular weight excluding hydrogens is 260 g/mol. The van der Waals surface area contributed by atoms with E-state index in [9.17, 15) is 9.59 Å². The summed E-state index contributed by atoms with van der Waals surface area (Å²) in [6, 6.07) is -0.144. The van der Waals surface area contributed by atoms with Crippen molar-refractivity contribution in [1.82, 2.24) is 14.7 Å². The van der Waals surface area contributed by atoms with Crippen LogP contribution in [0.3, 0.4) is 0 Å². The SMILES string of the molecule is CC1CCCN(C(=O)Nc2cnn(CC(=O)O)c2)CC1. The second-order valence-corrected chi connectivity index (χ2v) is 5.27. The topological polar surface area (TPSA) is 87.5 Å². The lowest BCUT2D eigenvalue weighted by Crippen LogP contribution is -2.35. The van der Waals surface area contributed by atoms with Gasteiger partial charge in [-0.05, 0) is 25.2 Å². The van der Waals surface area contributed by atoms with E-state index in [1.807, 2.05) is 0 Å². The van der Waals surface area contributed by atoms with Crippen molar-refractivity contribution in [2.24, 2.45) is 5.92 Å². The van der Waals surface area contributed by atoms with Crippen molar-refractivity contribution in [2.45, 2.75) is 32.7 Å². The molecule has 1 aliphatic rings. The maximum atomic E-state index is 12.1. The highest BCUT2D eigenvalue weighted by Gasteiger charge is 2.18. The van der Waals surface area contributed by atoms with Crippen LogP contribution in [0, 0.1) is 5.92 Å². The molecule has 1 aromatic heterocycles. The molecule has 1 unspecified atom stereocenters. The molecule has 2 heterocycles. The summed E-state index contributed by atoms with van der Waals surface area (Å²) < 4.78 is 1.28. The number of nitrogens with zero attached hydrogens (tertiary/aromatic N) is 3. The number of carbonyl (C=O) groups excluding carboxylic acids is 1. The van der Waals surface area contributed by atoms with Crippen LogP contribution in [0.2, 0.25) is 0 Å². The number of nitrogens with one attached hydrogen (secondary N) is 1. The normalized spacial score (nSPS) is 19.4. The average molecular weight is 280 g/mol. The Hall–Kier alpha value is -2.05. The van der Waals surface area contributed by atoms with E-state index >= 15 is 0 Å². The molecule has 0 bridgehead atoms. The van der Waals surface area contributed by atoms with Gasteiger partial charge in [0, 0.05) is 19.3 Å². The third-order valence-corrected chi connectivity index (χ3v) is 3.49. The van der Waals surface area contributed by atoms with Gasteiger partial charge in [-0.3, -0.25) is 9.48 Å². The Bertz CT molecular complexity index is 486.